The first kappa shape index (κ1) is 10.4. The third-order valence-electron chi connectivity index (χ3n) is 0.679. The molecule has 0 heterocycles. The zero-order valence-electron chi connectivity index (χ0n) is 5.95. The molecular formula is C5H15I2N2+. The summed E-state index contributed by atoms with van der Waals surface area (Å²) in [6.45, 7) is 4.40. The maximum absolute atomic E-state index is 3.85. The molecule has 0 rings (SSSR count). The summed E-state index contributed by atoms with van der Waals surface area (Å²) < 4.78 is 2.53. The van der Waals surface area contributed by atoms with Crippen molar-refractivity contribution < 1.29 is 40.2 Å². The number of rotatable bonds is 5. The Bertz CT molecular complexity index is 58.9. The minimum absolute atomic E-state index is 0.528. The molecule has 9 heavy (non-hydrogen) atoms. The van der Waals surface area contributed by atoms with Crippen molar-refractivity contribution in [3.05, 3.63) is 0 Å². The summed E-state index contributed by atoms with van der Waals surface area (Å²) in [5.74, 6) is 0. The normalized spacial score (nSPS) is 11.1. The van der Waals surface area contributed by atoms with Crippen molar-refractivity contribution >= 4 is 0 Å². The third kappa shape index (κ3) is 9.38. The first-order chi connectivity index (χ1) is 4.27. The second-order valence-corrected chi connectivity index (χ2v) is 12.6. The quantitative estimate of drug-likeness (QED) is 0.219. The van der Waals surface area contributed by atoms with Gasteiger partial charge in [-0.05, 0) is 0 Å². The fourth-order valence-corrected chi connectivity index (χ4v) is 6.23. The van der Waals surface area contributed by atoms with Crippen LogP contribution in [0.2, 0.25) is 0 Å². The van der Waals surface area contributed by atoms with Gasteiger partial charge in [0.15, 0.2) is 0 Å². The molecule has 0 aromatic carbocycles. The van der Waals surface area contributed by atoms with E-state index in [0.717, 1.165) is 0 Å². The predicted molar refractivity (Wildman–Crippen MR) is 30.9 cm³/mol. The number of hydrogen-bond donors (Lipinski definition) is 2. The molecule has 0 saturated heterocycles. The summed E-state index contributed by atoms with van der Waals surface area (Å²) >= 11 is 1.06. The molecule has 0 fully saturated rings. The Morgan fingerprint density at radius 3 is 2.78 bits per heavy atom. The molecule has 2 nitrogen and oxygen atoms in total. The molecule has 4 N–H and O–H groups in total. The Hall–Kier alpha value is 1.38. The van der Waals surface area contributed by atoms with Gasteiger partial charge in [0.1, 0.15) is 0 Å². The van der Waals surface area contributed by atoms with Crippen molar-refractivity contribution in [1.82, 2.24) is 5.32 Å². The molecule has 0 spiro atoms. The van der Waals surface area contributed by atoms with E-state index in [1.807, 2.05) is 0 Å². The number of quaternary nitrogens is 1. The summed E-state index contributed by atoms with van der Waals surface area (Å²) in [7, 11) is 0. The van der Waals surface area contributed by atoms with Crippen LogP contribution >= 0.6 is 0 Å². The molecule has 0 atom stereocenters. The van der Waals surface area contributed by atoms with Gasteiger partial charge >= 0.3 is 74.5 Å². The predicted octanol–water partition coefficient (Wildman–Crippen LogP) is -6.77. The van der Waals surface area contributed by atoms with E-state index < -0.39 is 0 Å². The summed E-state index contributed by atoms with van der Waals surface area (Å²) in [5, 5.41) is 3.43. The van der Waals surface area contributed by atoms with E-state index in [4.69, 9.17) is 0 Å². The van der Waals surface area contributed by atoms with Gasteiger partial charge in [0.2, 0.25) is 0 Å². The average Bonchev–Trinajstić information content (AvgIpc) is 1.80. The van der Waals surface area contributed by atoms with Crippen molar-refractivity contribution in [3.63, 3.8) is 0 Å². The molecule has 0 unspecified atom stereocenters. The zero-order chi connectivity index (χ0) is 7.11. The number of nitrogens with one attached hydrogen (secondary N) is 1. The molecular weight excluding hydrogens is 342 g/mol. The van der Waals surface area contributed by atoms with Crippen molar-refractivity contribution in [1.29, 1.82) is 0 Å². The molecule has 0 aliphatic heterocycles. The van der Waals surface area contributed by atoms with Gasteiger partial charge in [-0.1, -0.05) is 0 Å². The summed E-state index contributed by atoms with van der Waals surface area (Å²) in [4.78, 5) is 0. The number of halogens is 2. The molecule has 58 valence electrons. The van der Waals surface area contributed by atoms with E-state index in [2.05, 4.69) is 24.9 Å². The van der Waals surface area contributed by atoms with E-state index in [-0.39, 0.29) is 0 Å². The first-order valence-corrected chi connectivity index (χ1v) is 12.3. The van der Waals surface area contributed by atoms with E-state index in [0.29, 0.717) is 40.5 Å². The molecule has 0 bridgehead atoms. The van der Waals surface area contributed by atoms with Crippen LogP contribution in [0, 0.1) is 0 Å². The molecule has 0 aromatic heterocycles. The molecule has 0 amide bonds. The fraction of sp³-hybridized carbons (Fsp3) is 1.00. The van der Waals surface area contributed by atoms with Gasteiger partial charge in [0.25, 0.3) is 0 Å². The standard InChI is InChI=1S/C5H14I2N2/c1-5(2)9-4-7-6-3-8/h5,9H,3-4,8H2,1-2H3/p+1. The summed E-state index contributed by atoms with van der Waals surface area (Å²) in [6, 6.07) is 0.679. The van der Waals surface area contributed by atoms with E-state index >= 15 is 0 Å². The van der Waals surface area contributed by atoms with Crippen molar-refractivity contribution in [3.8, 4) is 0 Å². The molecule has 0 aliphatic carbocycles. The molecule has 0 aliphatic rings. The Balaban J connectivity index is 2.75. The third-order valence-corrected chi connectivity index (χ3v) is 9.63. The van der Waals surface area contributed by atoms with Crippen molar-refractivity contribution in [2.75, 3.05) is 9.10 Å². The first-order valence-electron chi connectivity index (χ1n) is 2.97. The Morgan fingerprint density at radius 2 is 2.33 bits per heavy atom. The van der Waals surface area contributed by atoms with Crippen LogP contribution in [0.3, 0.4) is 0 Å². The van der Waals surface area contributed by atoms with Gasteiger partial charge in [-0.3, -0.25) is 0 Å². The van der Waals surface area contributed by atoms with Crippen LogP contribution in [-0.4, -0.2) is 15.1 Å². The molecule has 0 saturated carbocycles. The number of alkyl halides is 2. The Morgan fingerprint density at radius 1 is 1.67 bits per heavy atom. The SMILES string of the molecule is CC(C)NC[I-][I+]C[NH3+]. The van der Waals surface area contributed by atoms with Crippen LogP contribution in [-0.2, 0) is 0 Å². The Kier molecular flexibility index (Phi) is 8.63. The van der Waals surface area contributed by atoms with Crippen LogP contribution in [0.4, 0.5) is 0 Å². The zero-order valence-corrected chi connectivity index (χ0v) is 10.3. The van der Waals surface area contributed by atoms with Crippen LogP contribution in [0.5, 0.6) is 0 Å². The average molecular weight is 357 g/mol. The molecule has 4 heteroatoms. The van der Waals surface area contributed by atoms with Crippen LogP contribution < -0.4 is 45.5 Å². The van der Waals surface area contributed by atoms with E-state index in [1.165, 1.54) is 9.10 Å². The van der Waals surface area contributed by atoms with Gasteiger partial charge in [-0.15, -0.1) is 0 Å². The summed E-state index contributed by atoms with van der Waals surface area (Å²) in [5.41, 5.74) is 3.85. The monoisotopic (exact) mass is 357 g/mol. The van der Waals surface area contributed by atoms with Crippen LogP contribution in [0.1, 0.15) is 13.8 Å². The van der Waals surface area contributed by atoms with E-state index in [1.54, 1.807) is 0 Å². The minimum atomic E-state index is 0.528. The van der Waals surface area contributed by atoms with Gasteiger partial charge in [0.05, 0.1) is 0 Å². The molecule has 0 aromatic rings. The van der Waals surface area contributed by atoms with Crippen molar-refractivity contribution in [2.45, 2.75) is 19.9 Å². The second kappa shape index (κ2) is 7.49. The Labute approximate surface area is 73.9 Å². The van der Waals surface area contributed by atoms with Gasteiger partial charge in [-0.25, -0.2) is 0 Å². The van der Waals surface area contributed by atoms with Gasteiger partial charge in [0, 0.05) is 0 Å². The van der Waals surface area contributed by atoms with Crippen molar-refractivity contribution in [2.24, 2.45) is 0 Å². The molecule has 0 radical (unpaired) electrons. The second-order valence-electron chi connectivity index (χ2n) is 1.88. The van der Waals surface area contributed by atoms with E-state index in [9.17, 15) is 0 Å². The van der Waals surface area contributed by atoms with Gasteiger partial charge in [-0.2, -0.15) is 0 Å². The van der Waals surface area contributed by atoms with Gasteiger partial charge < -0.3 is 0 Å². The van der Waals surface area contributed by atoms with Crippen LogP contribution in [0.25, 0.3) is 0 Å². The maximum atomic E-state index is 3.85. The topological polar surface area (TPSA) is 39.7 Å². The summed E-state index contributed by atoms with van der Waals surface area (Å²) in [6.07, 6.45) is 0. The fourth-order valence-electron chi connectivity index (χ4n) is 0.270. The van der Waals surface area contributed by atoms with Crippen LogP contribution in [0.15, 0.2) is 0 Å². The number of hydrogen-bond acceptors (Lipinski definition) is 1.